The molecule has 1 fully saturated rings. The fourth-order valence-electron chi connectivity index (χ4n) is 3.05. The lowest BCUT2D eigenvalue weighted by molar-refractivity contribution is -0.113. The molecule has 0 atom stereocenters. The first kappa shape index (κ1) is 23.0. The van der Waals surface area contributed by atoms with Gasteiger partial charge in [0.1, 0.15) is 10.6 Å². The average Bonchev–Trinajstić information content (AvgIpc) is 2.95. The maximum atomic E-state index is 13.1. The first-order valence-electron chi connectivity index (χ1n) is 9.18. The molecule has 0 aliphatic carbocycles. The number of guanidine groups is 1. The van der Waals surface area contributed by atoms with Gasteiger partial charge in [-0.05, 0) is 17.3 Å². The number of nitrogens with zero attached hydrogens (tertiary/aromatic N) is 2. The minimum absolute atomic E-state index is 0.0188. The van der Waals surface area contributed by atoms with Gasteiger partial charge < -0.3 is 20.9 Å². The Balaban J connectivity index is 1.89. The Morgan fingerprint density at radius 3 is 2.52 bits per heavy atom. The molecular formula is C17H22N4O8S2. The summed E-state index contributed by atoms with van der Waals surface area (Å²) in [6, 6.07) is 4.53. The molecule has 4 N–H and O–H groups in total. The number of para-hydroxylation sites is 1. The van der Waals surface area contributed by atoms with E-state index in [0.717, 1.165) is 0 Å². The van der Waals surface area contributed by atoms with E-state index in [1.54, 1.807) is 6.07 Å². The number of ether oxygens (including phenoxy) is 2. The van der Waals surface area contributed by atoms with Crippen LogP contribution >= 0.6 is 0 Å². The minimum atomic E-state index is -4.35. The third-order valence-electron chi connectivity index (χ3n) is 4.47. The predicted molar refractivity (Wildman–Crippen MR) is 110 cm³/mol. The number of Topliss-reactive ketones (excluding diaryl/α,β-unsaturated/α-hetero) is 1. The summed E-state index contributed by atoms with van der Waals surface area (Å²) in [7, 11) is -8.20. The molecule has 2 heterocycles. The monoisotopic (exact) mass is 474 g/mol. The highest BCUT2D eigenvalue weighted by molar-refractivity contribution is 7.89. The summed E-state index contributed by atoms with van der Waals surface area (Å²) in [6.45, 7) is 1.02. The van der Waals surface area contributed by atoms with Gasteiger partial charge in [-0.1, -0.05) is 12.1 Å². The van der Waals surface area contributed by atoms with Crippen molar-refractivity contribution in [2.75, 3.05) is 38.7 Å². The lowest BCUT2D eigenvalue weighted by Gasteiger charge is -2.27. The van der Waals surface area contributed by atoms with E-state index in [9.17, 15) is 21.6 Å². The van der Waals surface area contributed by atoms with Crippen molar-refractivity contribution in [1.82, 2.24) is 4.31 Å². The van der Waals surface area contributed by atoms with Crippen LogP contribution in [0.25, 0.3) is 6.08 Å². The molecule has 0 aromatic heterocycles. The lowest BCUT2D eigenvalue weighted by Crippen LogP contribution is -2.40. The van der Waals surface area contributed by atoms with E-state index < -0.39 is 37.6 Å². The summed E-state index contributed by atoms with van der Waals surface area (Å²) in [5.74, 6) is -2.24. The van der Waals surface area contributed by atoms with Gasteiger partial charge in [0.15, 0.2) is 11.5 Å². The minimum Gasteiger partial charge on any atom is -0.491 e. The average molecular weight is 475 g/mol. The molecule has 14 heteroatoms. The molecule has 31 heavy (non-hydrogen) atoms. The number of ketones is 1. The zero-order valence-electron chi connectivity index (χ0n) is 16.4. The number of oxime groups is 1. The van der Waals surface area contributed by atoms with Crippen LogP contribution in [0, 0.1) is 0 Å². The number of nitrogens with two attached hydrogens (primary N) is 2. The Bertz CT molecular complexity index is 1120. The Labute approximate surface area is 179 Å². The highest BCUT2D eigenvalue weighted by Gasteiger charge is 2.31. The van der Waals surface area contributed by atoms with Gasteiger partial charge in [-0.15, -0.1) is 0 Å². The molecule has 0 spiro atoms. The Morgan fingerprint density at radius 1 is 1.13 bits per heavy atom. The van der Waals surface area contributed by atoms with Crippen LogP contribution in [0.4, 0.5) is 0 Å². The Hall–Kier alpha value is -2.68. The van der Waals surface area contributed by atoms with Crippen molar-refractivity contribution >= 4 is 38.0 Å². The fourth-order valence-corrected chi connectivity index (χ4v) is 5.38. The smallest absolute Gasteiger partial charge is 0.336 e. The number of morpholine rings is 1. The molecule has 0 radical (unpaired) electrons. The van der Waals surface area contributed by atoms with Crippen molar-refractivity contribution in [2.24, 2.45) is 16.6 Å². The Kier molecular flexibility index (Phi) is 6.83. The number of hydrogen-bond acceptors (Lipinski definition) is 9. The SMILES string of the molecule is NC(N)=NOS(=O)(=O)CC(=O)C1=Cc2cccc(S(=O)(=O)N3CCOCC3)c2OCC1. The van der Waals surface area contributed by atoms with E-state index >= 15 is 0 Å². The number of benzene rings is 1. The van der Waals surface area contributed by atoms with Crippen LogP contribution in [0.15, 0.2) is 33.8 Å². The molecule has 1 aromatic carbocycles. The van der Waals surface area contributed by atoms with Crippen LogP contribution < -0.4 is 16.2 Å². The van der Waals surface area contributed by atoms with Gasteiger partial charge in [0.05, 0.1) is 19.8 Å². The van der Waals surface area contributed by atoms with Crippen molar-refractivity contribution in [3.63, 3.8) is 0 Å². The maximum absolute atomic E-state index is 13.1. The van der Waals surface area contributed by atoms with Gasteiger partial charge in [0, 0.05) is 30.6 Å². The summed E-state index contributed by atoms with van der Waals surface area (Å²) in [6.07, 6.45) is 1.49. The molecule has 2 aliphatic heterocycles. The van der Waals surface area contributed by atoms with Crippen LogP contribution in [0.3, 0.4) is 0 Å². The molecule has 1 saturated heterocycles. The van der Waals surface area contributed by atoms with Crippen molar-refractivity contribution in [3.8, 4) is 5.75 Å². The van der Waals surface area contributed by atoms with Crippen molar-refractivity contribution < 1.29 is 35.4 Å². The number of carbonyl (C=O) groups is 1. The van der Waals surface area contributed by atoms with Crippen LogP contribution in [0.1, 0.15) is 12.0 Å². The highest BCUT2D eigenvalue weighted by Crippen LogP contribution is 2.34. The van der Waals surface area contributed by atoms with E-state index in [2.05, 4.69) is 9.44 Å². The molecule has 0 unspecified atom stereocenters. The standard InChI is InChI=1S/C17H22N4O8S2/c18-17(19)20-29-30(23,24)11-14(22)12-4-7-28-16-13(10-12)2-1-3-15(16)31(25,26)21-5-8-27-9-6-21/h1-3,10H,4-9,11H2,(H4,18,19,20). The number of fused-ring (bicyclic) bond motifs is 1. The van der Waals surface area contributed by atoms with Gasteiger partial charge in [-0.3, -0.25) is 9.08 Å². The van der Waals surface area contributed by atoms with Gasteiger partial charge in [-0.25, -0.2) is 8.42 Å². The number of carbonyl (C=O) groups excluding carboxylic acids is 1. The Morgan fingerprint density at radius 2 is 1.84 bits per heavy atom. The first-order valence-corrected chi connectivity index (χ1v) is 12.2. The van der Waals surface area contributed by atoms with E-state index in [0.29, 0.717) is 18.8 Å². The van der Waals surface area contributed by atoms with Gasteiger partial charge in [0.25, 0.3) is 0 Å². The predicted octanol–water partition coefficient (Wildman–Crippen LogP) is -1.02. The van der Waals surface area contributed by atoms with Gasteiger partial charge in [-0.2, -0.15) is 12.7 Å². The van der Waals surface area contributed by atoms with Crippen molar-refractivity contribution in [2.45, 2.75) is 11.3 Å². The maximum Gasteiger partial charge on any atom is 0.336 e. The fraction of sp³-hybridized carbons (Fsp3) is 0.412. The molecule has 2 aliphatic rings. The summed E-state index contributed by atoms with van der Waals surface area (Å²) in [4.78, 5) is 12.5. The van der Waals surface area contributed by atoms with Crippen molar-refractivity contribution in [3.05, 3.63) is 29.3 Å². The normalized spacial score (nSPS) is 17.5. The van der Waals surface area contributed by atoms with Crippen LogP contribution in [-0.2, 0) is 34.0 Å². The topological polar surface area (TPSA) is 181 Å². The van der Waals surface area contributed by atoms with Crippen LogP contribution in [-0.4, -0.2) is 71.5 Å². The highest BCUT2D eigenvalue weighted by atomic mass is 32.2. The zero-order valence-corrected chi connectivity index (χ0v) is 18.0. The number of hydrogen-bond donors (Lipinski definition) is 2. The molecule has 3 rings (SSSR count). The van der Waals surface area contributed by atoms with E-state index in [-0.39, 0.29) is 42.3 Å². The van der Waals surface area contributed by atoms with Crippen LogP contribution in [0.2, 0.25) is 0 Å². The zero-order chi connectivity index (χ0) is 22.6. The summed E-state index contributed by atoms with van der Waals surface area (Å²) >= 11 is 0. The first-order chi connectivity index (χ1) is 14.6. The molecule has 0 amide bonds. The lowest BCUT2D eigenvalue weighted by atomic mass is 10.1. The molecule has 0 bridgehead atoms. The summed E-state index contributed by atoms with van der Waals surface area (Å²) in [5.41, 5.74) is 10.5. The third kappa shape index (κ3) is 5.52. The van der Waals surface area contributed by atoms with Crippen molar-refractivity contribution in [1.29, 1.82) is 0 Å². The molecule has 1 aromatic rings. The third-order valence-corrected chi connectivity index (χ3v) is 7.31. The molecule has 0 saturated carbocycles. The van der Waals surface area contributed by atoms with Gasteiger partial charge in [0.2, 0.25) is 16.0 Å². The quantitative estimate of drug-likeness (QED) is 0.282. The van der Waals surface area contributed by atoms with E-state index in [1.807, 2.05) is 0 Å². The molecule has 12 nitrogen and oxygen atoms in total. The second-order valence-electron chi connectivity index (χ2n) is 6.67. The summed E-state index contributed by atoms with van der Waals surface area (Å²) in [5, 5.41) is 2.94. The molecule has 170 valence electrons. The van der Waals surface area contributed by atoms with Crippen LogP contribution in [0.5, 0.6) is 5.75 Å². The second-order valence-corrected chi connectivity index (χ2v) is 10.1. The number of sulfonamides is 1. The van der Waals surface area contributed by atoms with E-state index in [4.69, 9.17) is 20.9 Å². The molecular weight excluding hydrogens is 452 g/mol. The number of rotatable bonds is 7. The summed E-state index contributed by atoms with van der Waals surface area (Å²) < 4.78 is 66.3. The van der Waals surface area contributed by atoms with E-state index in [1.165, 1.54) is 22.5 Å². The second kappa shape index (κ2) is 9.21. The van der Waals surface area contributed by atoms with Gasteiger partial charge >= 0.3 is 10.1 Å². The largest absolute Gasteiger partial charge is 0.491 e.